The molecule has 0 radical (unpaired) electrons. The molecule has 1 atom stereocenters. The Bertz CT molecular complexity index is 863. The van der Waals surface area contributed by atoms with E-state index in [0.717, 1.165) is 28.7 Å². The highest BCUT2D eigenvalue weighted by atomic mass is 16.4. The van der Waals surface area contributed by atoms with Crippen molar-refractivity contribution in [3.63, 3.8) is 0 Å². The van der Waals surface area contributed by atoms with Gasteiger partial charge >= 0.3 is 5.97 Å². The molecule has 2 aromatic rings. The van der Waals surface area contributed by atoms with Crippen LogP contribution in [0.1, 0.15) is 33.5 Å². The minimum absolute atomic E-state index is 0.0570. The van der Waals surface area contributed by atoms with E-state index in [4.69, 9.17) is 0 Å². The van der Waals surface area contributed by atoms with E-state index in [9.17, 15) is 14.7 Å². The van der Waals surface area contributed by atoms with Gasteiger partial charge in [-0.05, 0) is 35.1 Å². The van der Waals surface area contributed by atoms with Crippen LogP contribution >= 0.6 is 0 Å². The van der Waals surface area contributed by atoms with Crippen LogP contribution in [0.5, 0.6) is 0 Å². The number of carbonyl (C=O) groups is 2. The van der Waals surface area contributed by atoms with E-state index in [0.29, 0.717) is 12.0 Å². The molecular formula is C20H16O3. The second-order valence-corrected chi connectivity index (χ2v) is 6.29. The first-order valence-corrected chi connectivity index (χ1v) is 7.75. The summed E-state index contributed by atoms with van der Waals surface area (Å²) in [4.78, 5) is 24.7. The Morgan fingerprint density at radius 2 is 1.65 bits per heavy atom. The number of carboxylic acids is 1. The van der Waals surface area contributed by atoms with Crippen molar-refractivity contribution in [3.8, 4) is 0 Å². The maximum absolute atomic E-state index is 13.1. The number of benzene rings is 2. The van der Waals surface area contributed by atoms with Crippen LogP contribution in [0.15, 0.2) is 54.6 Å². The Balaban J connectivity index is 1.88. The minimum atomic E-state index is -0.970. The molecule has 0 heterocycles. The number of allylic oxidation sites excluding steroid dienone is 2. The first kappa shape index (κ1) is 13.9. The Morgan fingerprint density at radius 3 is 2.35 bits per heavy atom. The van der Waals surface area contributed by atoms with Gasteiger partial charge in [-0.1, -0.05) is 54.6 Å². The molecule has 114 valence electrons. The first-order chi connectivity index (χ1) is 11.1. The summed E-state index contributed by atoms with van der Waals surface area (Å²) < 4.78 is 0. The van der Waals surface area contributed by atoms with Crippen LogP contribution in [-0.2, 0) is 17.6 Å². The van der Waals surface area contributed by atoms with Crippen LogP contribution < -0.4 is 0 Å². The van der Waals surface area contributed by atoms with E-state index in [-0.39, 0.29) is 12.2 Å². The number of carbonyl (C=O) groups excluding carboxylic acids is 1. The Labute approximate surface area is 134 Å². The molecule has 0 aliphatic heterocycles. The minimum Gasteiger partial charge on any atom is -0.481 e. The highest BCUT2D eigenvalue weighted by Gasteiger charge is 2.50. The maximum atomic E-state index is 13.1. The summed E-state index contributed by atoms with van der Waals surface area (Å²) in [5.74, 6) is -0.991. The monoisotopic (exact) mass is 304 g/mol. The van der Waals surface area contributed by atoms with Gasteiger partial charge in [-0.2, -0.15) is 0 Å². The molecule has 0 amide bonds. The van der Waals surface area contributed by atoms with Gasteiger partial charge in [0, 0.05) is 5.56 Å². The quantitative estimate of drug-likeness (QED) is 0.944. The van der Waals surface area contributed by atoms with Gasteiger partial charge < -0.3 is 5.11 Å². The number of aliphatic carboxylic acids is 1. The van der Waals surface area contributed by atoms with Crippen molar-refractivity contribution in [1.29, 1.82) is 0 Å². The lowest BCUT2D eigenvalue weighted by atomic mass is 9.72. The second-order valence-electron chi connectivity index (χ2n) is 6.29. The molecule has 0 saturated heterocycles. The Morgan fingerprint density at radius 1 is 1.00 bits per heavy atom. The first-order valence-electron chi connectivity index (χ1n) is 7.75. The third kappa shape index (κ3) is 1.96. The SMILES string of the molecule is O=C(O)CC1(C2=CCc3ccccc32)Cc2ccccc2C1=O. The molecule has 1 N–H and O–H groups in total. The number of ketones is 1. The third-order valence-corrected chi connectivity index (χ3v) is 4.99. The van der Waals surface area contributed by atoms with Crippen LogP contribution in [0.2, 0.25) is 0 Å². The highest BCUT2D eigenvalue weighted by molar-refractivity contribution is 6.14. The molecule has 2 aromatic carbocycles. The number of fused-ring (bicyclic) bond motifs is 2. The lowest BCUT2D eigenvalue weighted by Gasteiger charge is -2.28. The van der Waals surface area contributed by atoms with E-state index >= 15 is 0 Å². The summed E-state index contributed by atoms with van der Waals surface area (Å²) in [5.41, 5.74) is 3.72. The number of rotatable bonds is 3. The van der Waals surface area contributed by atoms with E-state index in [1.54, 1.807) is 0 Å². The molecule has 0 aromatic heterocycles. The number of carboxylic acid groups (broad SMARTS) is 1. The zero-order valence-corrected chi connectivity index (χ0v) is 12.6. The second kappa shape index (κ2) is 4.92. The average Bonchev–Trinajstić information content (AvgIpc) is 3.08. The van der Waals surface area contributed by atoms with Gasteiger partial charge in [0.2, 0.25) is 0 Å². The molecule has 1 unspecified atom stereocenters. The van der Waals surface area contributed by atoms with E-state index in [1.807, 2.05) is 54.6 Å². The van der Waals surface area contributed by atoms with Crippen molar-refractivity contribution >= 4 is 17.3 Å². The van der Waals surface area contributed by atoms with Crippen molar-refractivity contribution in [2.24, 2.45) is 5.41 Å². The van der Waals surface area contributed by atoms with Gasteiger partial charge in [-0.15, -0.1) is 0 Å². The molecule has 2 aliphatic carbocycles. The zero-order valence-electron chi connectivity index (χ0n) is 12.6. The Hall–Kier alpha value is -2.68. The normalized spacial score (nSPS) is 21.7. The highest BCUT2D eigenvalue weighted by Crippen LogP contribution is 2.51. The standard InChI is InChI=1S/C20H16O3/c21-18(22)12-20(11-14-6-2-4-8-16(14)19(20)23)17-10-9-13-5-1-3-7-15(13)17/h1-8,10H,9,11-12H2,(H,21,22). The van der Waals surface area contributed by atoms with Gasteiger partial charge in [0.05, 0.1) is 11.8 Å². The Kier molecular flexibility index (Phi) is 2.98. The van der Waals surface area contributed by atoms with E-state index < -0.39 is 11.4 Å². The fourth-order valence-corrected chi connectivity index (χ4v) is 4.01. The molecule has 0 saturated carbocycles. The number of hydrogen-bond acceptors (Lipinski definition) is 2. The van der Waals surface area contributed by atoms with Crippen molar-refractivity contribution in [1.82, 2.24) is 0 Å². The summed E-state index contributed by atoms with van der Waals surface area (Å²) in [6.45, 7) is 0. The van der Waals surface area contributed by atoms with Crippen molar-refractivity contribution < 1.29 is 14.7 Å². The molecule has 4 rings (SSSR count). The van der Waals surface area contributed by atoms with Gasteiger partial charge in [0.25, 0.3) is 0 Å². The van der Waals surface area contributed by atoms with Gasteiger partial charge in [0.15, 0.2) is 5.78 Å². The smallest absolute Gasteiger partial charge is 0.304 e. The number of Topliss-reactive ketones (excluding diaryl/α,β-unsaturated/α-hetero) is 1. The summed E-state index contributed by atoms with van der Waals surface area (Å²) in [5, 5.41) is 9.46. The average molecular weight is 304 g/mol. The topological polar surface area (TPSA) is 54.4 Å². The van der Waals surface area contributed by atoms with Gasteiger partial charge in [-0.25, -0.2) is 0 Å². The molecule has 3 heteroatoms. The molecule has 0 spiro atoms. The van der Waals surface area contributed by atoms with Crippen LogP contribution in [-0.4, -0.2) is 16.9 Å². The summed E-state index contributed by atoms with van der Waals surface area (Å²) >= 11 is 0. The molecule has 3 nitrogen and oxygen atoms in total. The fraction of sp³-hybridized carbons (Fsp3) is 0.200. The molecule has 2 aliphatic rings. The van der Waals surface area contributed by atoms with Gasteiger partial charge in [-0.3, -0.25) is 9.59 Å². The molecule has 0 bridgehead atoms. The summed E-state index contributed by atoms with van der Waals surface area (Å²) in [6.07, 6.45) is 3.10. The molecular weight excluding hydrogens is 288 g/mol. The fourth-order valence-electron chi connectivity index (χ4n) is 4.01. The van der Waals surface area contributed by atoms with E-state index in [1.165, 1.54) is 0 Å². The predicted octanol–water partition coefficient (Wildman–Crippen LogP) is 3.53. The molecule has 0 fully saturated rings. The van der Waals surface area contributed by atoms with Crippen LogP contribution in [0.3, 0.4) is 0 Å². The van der Waals surface area contributed by atoms with Crippen molar-refractivity contribution in [2.75, 3.05) is 0 Å². The van der Waals surface area contributed by atoms with Crippen LogP contribution in [0, 0.1) is 5.41 Å². The van der Waals surface area contributed by atoms with Crippen molar-refractivity contribution in [2.45, 2.75) is 19.3 Å². The largest absolute Gasteiger partial charge is 0.481 e. The summed E-state index contributed by atoms with van der Waals surface area (Å²) in [7, 11) is 0. The van der Waals surface area contributed by atoms with E-state index in [2.05, 4.69) is 0 Å². The lowest BCUT2D eigenvalue weighted by molar-refractivity contribution is -0.138. The molecule has 23 heavy (non-hydrogen) atoms. The predicted molar refractivity (Wildman–Crippen MR) is 87.3 cm³/mol. The lowest BCUT2D eigenvalue weighted by Crippen LogP contribution is -2.32. The van der Waals surface area contributed by atoms with Crippen LogP contribution in [0.4, 0.5) is 0 Å². The van der Waals surface area contributed by atoms with Gasteiger partial charge in [0.1, 0.15) is 0 Å². The number of hydrogen-bond donors (Lipinski definition) is 1. The maximum Gasteiger partial charge on any atom is 0.304 e. The van der Waals surface area contributed by atoms with Crippen molar-refractivity contribution in [3.05, 3.63) is 76.9 Å². The third-order valence-electron chi connectivity index (χ3n) is 4.99. The zero-order chi connectivity index (χ0) is 16.0. The van der Waals surface area contributed by atoms with Crippen LogP contribution in [0.25, 0.3) is 5.57 Å². The summed E-state index contributed by atoms with van der Waals surface area (Å²) in [6, 6.07) is 15.4.